The van der Waals surface area contributed by atoms with Gasteiger partial charge in [0.25, 0.3) is 0 Å². The lowest BCUT2D eigenvalue weighted by Crippen LogP contribution is -2.46. The Morgan fingerprint density at radius 1 is 1.08 bits per heavy atom. The summed E-state index contributed by atoms with van der Waals surface area (Å²) in [6.07, 6.45) is 2.02. The monoisotopic (exact) mass is 570 g/mol. The van der Waals surface area contributed by atoms with Gasteiger partial charge in [0, 0.05) is 22.8 Å². The lowest BCUT2D eigenvalue weighted by molar-refractivity contribution is -0.120. The first-order chi connectivity index (χ1) is 18.5. The normalized spacial score (nSPS) is 13.4. The average Bonchev–Trinajstić information content (AvgIpc) is 3.44. The molecule has 2 unspecified atom stereocenters. The van der Waals surface area contributed by atoms with Crippen molar-refractivity contribution in [2.24, 2.45) is 11.3 Å². The quantitative estimate of drug-likeness (QED) is 0.193. The van der Waals surface area contributed by atoms with Crippen LogP contribution in [0.4, 0.5) is 5.69 Å². The number of aromatic nitrogens is 4. The highest BCUT2D eigenvalue weighted by molar-refractivity contribution is 6.34. The molecule has 2 aromatic heterocycles. The number of H-pyrrole nitrogens is 1. The van der Waals surface area contributed by atoms with Gasteiger partial charge in [-0.1, -0.05) is 69.1 Å². The molecular formula is C29H36Cl2N6O2. The van der Waals surface area contributed by atoms with Crippen LogP contribution in [0.15, 0.2) is 54.6 Å². The maximum Gasteiger partial charge on any atom is 0.243 e. The molecule has 0 spiro atoms. The number of anilines is 1. The lowest BCUT2D eigenvalue weighted by Gasteiger charge is -2.29. The van der Waals surface area contributed by atoms with E-state index in [0.29, 0.717) is 39.9 Å². The van der Waals surface area contributed by atoms with Gasteiger partial charge in [-0.3, -0.25) is 15.2 Å². The van der Waals surface area contributed by atoms with Crippen LogP contribution in [0.5, 0.6) is 5.88 Å². The fourth-order valence-electron chi connectivity index (χ4n) is 4.70. The molecule has 4 rings (SSSR count). The molecular weight excluding hydrogens is 535 g/mol. The number of fused-ring (bicyclic) bond motifs is 1. The zero-order valence-corrected chi connectivity index (χ0v) is 24.6. The molecule has 208 valence electrons. The molecule has 1 amide bonds. The summed E-state index contributed by atoms with van der Waals surface area (Å²) in [5.41, 5.74) is 2.40. The van der Waals surface area contributed by atoms with Crippen molar-refractivity contribution >= 4 is 40.4 Å². The highest BCUT2D eigenvalue weighted by Crippen LogP contribution is 2.30. The summed E-state index contributed by atoms with van der Waals surface area (Å²) in [7, 11) is 0. The third-order valence-electron chi connectivity index (χ3n) is 6.49. The van der Waals surface area contributed by atoms with Crippen molar-refractivity contribution < 1.29 is 9.53 Å². The van der Waals surface area contributed by atoms with Gasteiger partial charge in [0.15, 0.2) is 11.5 Å². The Balaban J connectivity index is 1.40. The molecule has 2 aromatic carbocycles. The van der Waals surface area contributed by atoms with Crippen LogP contribution in [-0.2, 0) is 4.79 Å². The number of nitrogens with one attached hydrogen (secondary N) is 2. The van der Waals surface area contributed by atoms with E-state index in [9.17, 15) is 4.79 Å². The molecule has 0 aliphatic heterocycles. The van der Waals surface area contributed by atoms with E-state index in [4.69, 9.17) is 27.9 Å². The summed E-state index contributed by atoms with van der Waals surface area (Å²) in [5.74, 6) is 1.39. The van der Waals surface area contributed by atoms with E-state index < -0.39 is 6.04 Å². The molecule has 0 saturated carbocycles. The number of halogens is 2. The minimum absolute atomic E-state index is 0.0191. The summed E-state index contributed by atoms with van der Waals surface area (Å²) < 4.78 is 7.53. The molecule has 0 fully saturated rings. The zero-order valence-electron chi connectivity index (χ0n) is 23.0. The van der Waals surface area contributed by atoms with Crippen LogP contribution >= 0.6 is 23.2 Å². The molecule has 0 radical (unpaired) electrons. The second-order valence-electron chi connectivity index (χ2n) is 11.1. The third kappa shape index (κ3) is 7.32. The van der Waals surface area contributed by atoms with Crippen LogP contribution in [0.3, 0.4) is 0 Å². The standard InChI is InChI=1S/C29H36Cl2N6O2/c1-19(17-29(3,4)5)15-16-36(23-9-7-6-8-10-23)28(38)20(2)32-18-39-27-24(31)26-34-33-25(37(26)35-27)21-11-13-22(30)14-12-21/h6-14,19-20,32,35H,15-18H2,1-5H3. The van der Waals surface area contributed by atoms with Gasteiger partial charge in [-0.05, 0) is 67.5 Å². The first-order valence-electron chi connectivity index (χ1n) is 13.1. The van der Waals surface area contributed by atoms with Crippen molar-refractivity contribution in [3.63, 3.8) is 0 Å². The smallest absolute Gasteiger partial charge is 0.243 e. The molecule has 10 heteroatoms. The predicted molar refractivity (Wildman–Crippen MR) is 158 cm³/mol. The van der Waals surface area contributed by atoms with Crippen LogP contribution in [0.2, 0.25) is 10.0 Å². The molecule has 0 aliphatic carbocycles. The third-order valence-corrected chi connectivity index (χ3v) is 7.08. The van der Waals surface area contributed by atoms with Crippen molar-refractivity contribution in [1.29, 1.82) is 0 Å². The van der Waals surface area contributed by atoms with Crippen molar-refractivity contribution in [3.05, 3.63) is 64.6 Å². The highest BCUT2D eigenvalue weighted by atomic mass is 35.5. The number of aromatic amines is 1. The summed E-state index contributed by atoms with van der Waals surface area (Å²) >= 11 is 12.5. The largest absolute Gasteiger partial charge is 0.461 e. The maximum atomic E-state index is 13.5. The Labute approximate surface area is 239 Å². The lowest BCUT2D eigenvalue weighted by atomic mass is 9.84. The first-order valence-corrected chi connectivity index (χ1v) is 13.9. The van der Waals surface area contributed by atoms with Crippen molar-refractivity contribution in [1.82, 2.24) is 25.1 Å². The summed E-state index contributed by atoms with van der Waals surface area (Å²) in [5, 5.41) is 15.6. The fraction of sp³-hybridized carbons (Fsp3) is 0.414. The van der Waals surface area contributed by atoms with Gasteiger partial charge in [-0.25, -0.2) is 4.52 Å². The van der Waals surface area contributed by atoms with Gasteiger partial charge >= 0.3 is 0 Å². The average molecular weight is 572 g/mol. The van der Waals surface area contributed by atoms with Gasteiger partial charge in [-0.15, -0.1) is 10.2 Å². The minimum atomic E-state index is -0.479. The van der Waals surface area contributed by atoms with Gasteiger partial charge in [0.05, 0.1) is 6.04 Å². The number of carbonyl (C=O) groups is 1. The summed E-state index contributed by atoms with van der Waals surface area (Å²) in [6, 6.07) is 16.6. The van der Waals surface area contributed by atoms with E-state index in [1.165, 1.54) is 0 Å². The van der Waals surface area contributed by atoms with Gasteiger partial charge in [-0.2, -0.15) is 0 Å². The molecule has 2 N–H and O–H groups in total. The Kier molecular flexibility index (Phi) is 9.20. The second kappa shape index (κ2) is 12.4. The molecule has 39 heavy (non-hydrogen) atoms. The predicted octanol–water partition coefficient (Wildman–Crippen LogP) is 6.84. The van der Waals surface area contributed by atoms with Crippen molar-refractivity contribution in [2.75, 3.05) is 18.2 Å². The molecule has 2 atom stereocenters. The summed E-state index contributed by atoms with van der Waals surface area (Å²) in [6.45, 7) is 11.6. The molecule has 2 heterocycles. The van der Waals surface area contributed by atoms with Crippen LogP contribution in [-0.4, -0.2) is 45.0 Å². The molecule has 0 saturated heterocycles. The topological polar surface area (TPSA) is 87.6 Å². The van der Waals surface area contributed by atoms with Gasteiger partial charge in [0.1, 0.15) is 11.8 Å². The van der Waals surface area contributed by atoms with Crippen LogP contribution in [0.25, 0.3) is 17.0 Å². The van der Waals surface area contributed by atoms with E-state index in [1.54, 1.807) is 16.6 Å². The Hall–Kier alpha value is -3.07. The minimum Gasteiger partial charge on any atom is -0.461 e. The highest BCUT2D eigenvalue weighted by Gasteiger charge is 2.24. The number of rotatable bonds is 11. The number of ether oxygens (including phenoxy) is 1. The Morgan fingerprint density at radius 3 is 2.44 bits per heavy atom. The second-order valence-corrected chi connectivity index (χ2v) is 12.0. The molecule has 0 bridgehead atoms. The molecule has 0 aliphatic rings. The van der Waals surface area contributed by atoms with Gasteiger partial charge < -0.3 is 9.64 Å². The van der Waals surface area contributed by atoms with Crippen LogP contribution in [0.1, 0.15) is 47.5 Å². The number of benzene rings is 2. The van der Waals surface area contributed by atoms with E-state index in [2.05, 4.69) is 48.3 Å². The van der Waals surface area contributed by atoms with Crippen LogP contribution < -0.4 is 15.0 Å². The maximum absolute atomic E-state index is 13.5. The number of para-hydroxylation sites is 1. The van der Waals surface area contributed by atoms with E-state index in [-0.39, 0.29) is 18.1 Å². The van der Waals surface area contributed by atoms with Crippen molar-refractivity contribution in [3.8, 4) is 17.3 Å². The van der Waals surface area contributed by atoms with E-state index in [1.807, 2.05) is 54.3 Å². The van der Waals surface area contributed by atoms with E-state index >= 15 is 0 Å². The van der Waals surface area contributed by atoms with E-state index in [0.717, 1.165) is 24.1 Å². The fourth-order valence-corrected chi connectivity index (χ4v) is 5.04. The number of hydrogen-bond acceptors (Lipinski definition) is 5. The number of carbonyl (C=O) groups excluding carboxylic acids is 1. The summed E-state index contributed by atoms with van der Waals surface area (Å²) in [4.78, 5) is 15.4. The molecule has 4 aromatic rings. The molecule has 8 nitrogen and oxygen atoms in total. The van der Waals surface area contributed by atoms with Crippen LogP contribution in [0, 0.1) is 11.3 Å². The Morgan fingerprint density at radius 2 is 1.77 bits per heavy atom. The SMILES string of the molecule is CC(CCN(C(=O)C(C)NCOc1[nH]n2c(-c3ccc(Cl)cc3)nnc2c1Cl)c1ccccc1)CC(C)(C)C. The first kappa shape index (κ1) is 28.9. The zero-order chi connectivity index (χ0) is 28.2. The van der Waals surface area contributed by atoms with Gasteiger partial charge in [0.2, 0.25) is 11.8 Å². The van der Waals surface area contributed by atoms with Crippen molar-refractivity contribution in [2.45, 2.75) is 53.5 Å². The number of nitrogens with zero attached hydrogens (tertiary/aromatic N) is 4. The number of hydrogen-bond donors (Lipinski definition) is 2. The number of amides is 1. The Bertz CT molecular complexity index is 1380.